The van der Waals surface area contributed by atoms with Crippen LogP contribution in [0.25, 0.3) is 0 Å². The number of benzene rings is 3. The lowest BCUT2D eigenvalue weighted by molar-refractivity contribution is -0.165. The number of hydrogen-bond donors (Lipinski definition) is 0. The van der Waals surface area contributed by atoms with Crippen molar-refractivity contribution in [2.45, 2.75) is 58.3 Å². The molecule has 3 aromatic carbocycles. The molecule has 3 rings (SSSR count). The fourth-order valence-electron chi connectivity index (χ4n) is 3.77. The van der Waals surface area contributed by atoms with Crippen molar-refractivity contribution in [2.24, 2.45) is 4.99 Å². The molecule has 0 fully saturated rings. The van der Waals surface area contributed by atoms with E-state index in [2.05, 4.69) is 0 Å². The molecule has 37 heavy (non-hydrogen) atoms. The molecule has 0 saturated heterocycles. The summed E-state index contributed by atoms with van der Waals surface area (Å²) in [5, 5.41) is 0. The average molecular weight is 498 g/mol. The molecule has 0 spiro atoms. The fraction of sp³-hybridized carbons (Fsp3) is 0.281. The first kappa shape index (κ1) is 27.6. The maximum Gasteiger partial charge on any atom is 0.335 e. The molecule has 1 unspecified atom stereocenters. The van der Waals surface area contributed by atoms with Crippen LogP contribution in [0.1, 0.15) is 57.2 Å². The third-order valence-electron chi connectivity index (χ3n) is 5.57. The summed E-state index contributed by atoms with van der Waals surface area (Å²) in [6.07, 6.45) is 3.60. The van der Waals surface area contributed by atoms with Crippen LogP contribution in [-0.2, 0) is 25.7 Å². The van der Waals surface area contributed by atoms with Gasteiger partial charge in [0.2, 0.25) is 0 Å². The second kappa shape index (κ2) is 12.8. The first-order valence-corrected chi connectivity index (χ1v) is 12.5. The first-order chi connectivity index (χ1) is 17.7. The van der Waals surface area contributed by atoms with Gasteiger partial charge in [0, 0.05) is 17.5 Å². The Labute approximate surface area is 219 Å². The van der Waals surface area contributed by atoms with Gasteiger partial charge < -0.3 is 9.47 Å². The van der Waals surface area contributed by atoms with Gasteiger partial charge in [-0.2, -0.15) is 0 Å². The number of esters is 2. The molecule has 0 radical (unpaired) electrons. The van der Waals surface area contributed by atoms with Gasteiger partial charge >= 0.3 is 11.9 Å². The van der Waals surface area contributed by atoms with Crippen molar-refractivity contribution in [1.29, 1.82) is 0 Å². The van der Waals surface area contributed by atoms with Gasteiger partial charge in [-0.3, -0.25) is 9.79 Å². The zero-order valence-electron chi connectivity index (χ0n) is 22.0. The van der Waals surface area contributed by atoms with Crippen molar-refractivity contribution in [1.82, 2.24) is 0 Å². The zero-order chi connectivity index (χ0) is 26.7. The Hall–Kier alpha value is -3.99. The van der Waals surface area contributed by atoms with E-state index in [1.54, 1.807) is 20.8 Å². The molecule has 192 valence electrons. The molecule has 0 N–H and O–H groups in total. The molecule has 0 bridgehead atoms. The smallest absolute Gasteiger partial charge is 0.335 e. The number of ether oxygens (including phenoxy) is 2. The maximum absolute atomic E-state index is 13.8. The van der Waals surface area contributed by atoms with Gasteiger partial charge in [0.15, 0.2) is 5.54 Å². The highest BCUT2D eigenvalue weighted by molar-refractivity contribution is 6.14. The van der Waals surface area contributed by atoms with Crippen molar-refractivity contribution in [3.63, 3.8) is 0 Å². The van der Waals surface area contributed by atoms with Gasteiger partial charge in [-0.15, -0.1) is 0 Å². The highest BCUT2D eigenvalue weighted by atomic mass is 16.6. The molecule has 0 saturated carbocycles. The van der Waals surface area contributed by atoms with Gasteiger partial charge in [0.05, 0.1) is 12.1 Å². The first-order valence-electron chi connectivity index (χ1n) is 12.5. The highest BCUT2D eigenvalue weighted by Gasteiger charge is 2.44. The molecule has 3 aromatic rings. The van der Waals surface area contributed by atoms with Crippen LogP contribution in [-0.4, -0.2) is 28.8 Å². The van der Waals surface area contributed by atoms with Crippen LogP contribution in [0.5, 0.6) is 0 Å². The Morgan fingerprint density at radius 3 is 1.81 bits per heavy atom. The fourth-order valence-corrected chi connectivity index (χ4v) is 3.77. The number of allylic oxidation sites excluding steroid dienone is 1. The summed E-state index contributed by atoms with van der Waals surface area (Å²) in [5.41, 5.74) is 0.854. The minimum Gasteiger partial charge on any atom is -0.461 e. The van der Waals surface area contributed by atoms with E-state index in [4.69, 9.17) is 14.5 Å². The minimum atomic E-state index is -1.52. The summed E-state index contributed by atoms with van der Waals surface area (Å²) in [4.78, 5) is 32.1. The number of aliphatic imine (C=N–C) groups is 1. The lowest BCUT2D eigenvalue weighted by Crippen LogP contribution is -2.44. The minimum absolute atomic E-state index is 0.113. The molecule has 0 aromatic heterocycles. The quantitative estimate of drug-likeness (QED) is 0.178. The molecule has 0 aliphatic carbocycles. The molecule has 0 heterocycles. The van der Waals surface area contributed by atoms with E-state index in [-0.39, 0.29) is 19.4 Å². The second-order valence-electron chi connectivity index (χ2n) is 9.82. The van der Waals surface area contributed by atoms with Crippen molar-refractivity contribution >= 4 is 17.7 Å². The normalized spacial score (nSPS) is 13.0. The standard InChI is InChI=1S/C32H35NO4/c1-5-6-22-32(30(35)37-31(2,3)4,23-28(34)36-24-25-16-10-7-11-17-25)33-29(26-18-12-8-13-19-26)27-20-14-9-15-21-27/h5-21H,22-24H2,1-4H3/b6-5+. The van der Waals surface area contributed by atoms with Crippen LogP contribution in [0.4, 0.5) is 0 Å². The van der Waals surface area contributed by atoms with Gasteiger partial charge in [-0.05, 0) is 33.3 Å². The van der Waals surface area contributed by atoms with Crippen LogP contribution < -0.4 is 0 Å². The lowest BCUT2D eigenvalue weighted by Gasteiger charge is -2.31. The average Bonchev–Trinajstić information content (AvgIpc) is 2.89. The number of carbonyl (C=O) groups excluding carboxylic acids is 2. The van der Waals surface area contributed by atoms with Crippen LogP contribution >= 0.6 is 0 Å². The summed E-state index contributed by atoms with van der Waals surface area (Å²) >= 11 is 0. The summed E-state index contributed by atoms with van der Waals surface area (Å²) in [5.74, 6) is -1.09. The molecule has 0 aliphatic heterocycles. The number of hydrogen-bond acceptors (Lipinski definition) is 5. The summed E-state index contributed by atoms with van der Waals surface area (Å²) < 4.78 is 11.4. The maximum atomic E-state index is 13.8. The summed E-state index contributed by atoms with van der Waals surface area (Å²) in [6, 6.07) is 28.7. The third-order valence-corrected chi connectivity index (χ3v) is 5.57. The molecule has 0 amide bonds. The summed E-state index contributed by atoms with van der Waals surface area (Å²) in [7, 11) is 0. The largest absolute Gasteiger partial charge is 0.461 e. The second-order valence-corrected chi connectivity index (χ2v) is 9.82. The topological polar surface area (TPSA) is 65.0 Å². The van der Waals surface area contributed by atoms with Gasteiger partial charge in [0.1, 0.15) is 12.2 Å². The molecule has 5 nitrogen and oxygen atoms in total. The summed E-state index contributed by atoms with van der Waals surface area (Å²) in [6.45, 7) is 7.39. The van der Waals surface area contributed by atoms with E-state index in [0.717, 1.165) is 16.7 Å². The Bertz CT molecular complexity index is 1170. The zero-order valence-corrected chi connectivity index (χ0v) is 22.0. The van der Waals surface area contributed by atoms with Crippen LogP contribution in [0.15, 0.2) is 108 Å². The Kier molecular flexibility index (Phi) is 9.56. The highest BCUT2D eigenvalue weighted by Crippen LogP contribution is 2.30. The van der Waals surface area contributed by atoms with Crippen molar-refractivity contribution in [3.8, 4) is 0 Å². The van der Waals surface area contributed by atoms with Crippen LogP contribution in [0.2, 0.25) is 0 Å². The van der Waals surface area contributed by atoms with Gasteiger partial charge in [0.25, 0.3) is 0 Å². The van der Waals surface area contributed by atoms with Crippen LogP contribution in [0.3, 0.4) is 0 Å². The number of carbonyl (C=O) groups is 2. The van der Waals surface area contributed by atoms with Gasteiger partial charge in [-0.25, -0.2) is 4.79 Å². The van der Waals surface area contributed by atoms with Crippen LogP contribution in [0, 0.1) is 0 Å². The van der Waals surface area contributed by atoms with Crippen molar-refractivity contribution < 1.29 is 19.1 Å². The SMILES string of the molecule is C/C=C/CC(CC(=O)OCc1ccccc1)(N=C(c1ccccc1)c1ccccc1)C(=O)OC(C)(C)C. The molecule has 0 aliphatic rings. The lowest BCUT2D eigenvalue weighted by atomic mass is 9.89. The van der Waals surface area contributed by atoms with Crippen molar-refractivity contribution in [2.75, 3.05) is 0 Å². The number of rotatable bonds is 10. The van der Waals surface area contributed by atoms with E-state index in [0.29, 0.717) is 5.71 Å². The van der Waals surface area contributed by atoms with E-state index in [1.807, 2.05) is 110 Å². The molecule has 5 heteroatoms. The predicted molar refractivity (Wildman–Crippen MR) is 147 cm³/mol. The number of nitrogens with zero attached hydrogens (tertiary/aromatic N) is 1. The van der Waals surface area contributed by atoms with E-state index >= 15 is 0 Å². The van der Waals surface area contributed by atoms with Gasteiger partial charge in [-0.1, -0.05) is 103 Å². The molecular weight excluding hydrogens is 462 g/mol. The van der Waals surface area contributed by atoms with E-state index in [1.165, 1.54) is 0 Å². The Balaban J connectivity index is 2.11. The molecular formula is C32H35NO4. The Morgan fingerprint density at radius 1 is 0.811 bits per heavy atom. The predicted octanol–water partition coefficient (Wildman–Crippen LogP) is 6.70. The third kappa shape index (κ3) is 8.28. The van der Waals surface area contributed by atoms with E-state index < -0.39 is 23.1 Å². The molecule has 1 atom stereocenters. The monoisotopic (exact) mass is 497 g/mol. The van der Waals surface area contributed by atoms with Crippen molar-refractivity contribution in [3.05, 3.63) is 120 Å². The Morgan fingerprint density at radius 2 is 1.32 bits per heavy atom. The van der Waals surface area contributed by atoms with E-state index in [9.17, 15) is 9.59 Å².